The highest BCUT2D eigenvalue weighted by Crippen LogP contribution is 2.21. The second-order valence-electron chi connectivity index (χ2n) is 4.78. The summed E-state index contributed by atoms with van der Waals surface area (Å²) in [5.74, 6) is 0. The molecule has 0 fully saturated rings. The number of hydrogen-bond acceptors (Lipinski definition) is 5. The van der Waals surface area contributed by atoms with Crippen molar-refractivity contribution >= 4 is 9.84 Å². The smallest absolute Gasteiger partial charge is 0.180 e. The normalized spacial score (nSPS) is 15.5. The van der Waals surface area contributed by atoms with Crippen molar-refractivity contribution < 1.29 is 18.6 Å². The third-order valence-electron chi connectivity index (χ3n) is 3.04. The average molecular weight is 287 g/mol. The monoisotopic (exact) mass is 287 g/mol. The van der Waals surface area contributed by atoms with Gasteiger partial charge in [-0.15, -0.1) is 0 Å². The maximum Gasteiger partial charge on any atom is 0.180 e. The van der Waals surface area contributed by atoms with E-state index in [4.69, 9.17) is 10.8 Å². The van der Waals surface area contributed by atoms with Crippen LogP contribution in [0, 0.1) is 0 Å². The van der Waals surface area contributed by atoms with Gasteiger partial charge < -0.3 is 15.9 Å². The molecule has 0 aliphatic heterocycles. The minimum atomic E-state index is -3.30. The first-order valence-corrected chi connectivity index (χ1v) is 7.73. The SMILES string of the molecule is CC(C)S(=O)(=O)c1ccc(C(O)C(N)CCO)cc1. The highest BCUT2D eigenvalue weighted by Gasteiger charge is 2.21. The van der Waals surface area contributed by atoms with Crippen LogP contribution in [0.15, 0.2) is 29.2 Å². The minimum absolute atomic E-state index is 0.0992. The molecule has 0 aliphatic rings. The van der Waals surface area contributed by atoms with Gasteiger partial charge in [-0.2, -0.15) is 0 Å². The summed E-state index contributed by atoms with van der Waals surface area (Å²) in [6.45, 7) is 3.14. The molecule has 0 bridgehead atoms. The average Bonchev–Trinajstić information content (AvgIpc) is 2.38. The van der Waals surface area contributed by atoms with Crippen molar-refractivity contribution in [2.45, 2.75) is 42.6 Å². The molecule has 0 saturated carbocycles. The van der Waals surface area contributed by atoms with Crippen LogP contribution in [0.25, 0.3) is 0 Å². The van der Waals surface area contributed by atoms with E-state index in [1.54, 1.807) is 26.0 Å². The molecule has 1 aromatic carbocycles. The molecular weight excluding hydrogens is 266 g/mol. The molecule has 0 radical (unpaired) electrons. The molecule has 4 N–H and O–H groups in total. The maximum atomic E-state index is 11.9. The van der Waals surface area contributed by atoms with Crippen molar-refractivity contribution in [1.29, 1.82) is 0 Å². The zero-order valence-electron chi connectivity index (χ0n) is 11.2. The standard InChI is InChI=1S/C13H21NO4S/c1-9(2)19(17,18)11-5-3-10(4-6-11)13(16)12(14)7-8-15/h3-6,9,12-13,15-16H,7-8,14H2,1-2H3. The van der Waals surface area contributed by atoms with Crippen LogP contribution in [0.1, 0.15) is 31.9 Å². The van der Waals surface area contributed by atoms with Crippen molar-refractivity contribution in [2.24, 2.45) is 5.73 Å². The Morgan fingerprint density at radius 1 is 1.21 bits per heavy atom. The van der Waals surface area contributed by atoms with Crippen LogP contribution in [0.4, 0.5) is 0 Å². The molecule has 0 aliphatic carbocycles. The van der Waals surface area contributed by atoms with E-state index in [2.05, 4.69) is 0 Å². The topological polar surface area (TPSA) is 101 Å². The highest BCUT2D eigenvalue weighted by atomic mass is 32.2. The van der Waals surface area contributed by atoms with E-state index in [0.717, 1.165) is 0 Å². The van der Waals surface area contributed by atoms with E-state index >= 15 is 0 Å². The molecule has 2 atom stereocenters. The van der Waals surface area contributed by atoms with Crippen molar-refractivity contribution in [3.8, 4) is 0 Å². The fraction of sp³-hybridized carbons (Fsp3) is 0.538. The summed E-state index contributed by atoms with van der Waals surface area (Å²) >= 11 is 0. The molecule has 2 unspecified atom stereocenters. The molecule has 108 valence electrons. The minimum Gasteiger partial charge on any atom is -0.396 e. The fourth-order valence-electron chi connectivity index (χ4n) is 1.68. The molecule has 0 amide bonds. The maximum absolute atomic E-state index is 11.9. The molecule has 5 nitrogen and oxygen atoms in total. The molecule has 0 spiro atoms. The number of aliphatic hydroxyl groups excluding tert-OH is 2. The molecule has 0 heterocycles. The summed E-state index contributed by atoms with van der Waals surface area (Å²) in [6, 6.07) is 5.48. The number of hydrogen-bond donors (Lipinski definition) is 3. The predicted octanol–water partition coefficient (Wildman–Crippen LogP) is 0.612. The van der Waals surface area contributed by atoms with Crippen LogP contribution in [-0.2, 0) is 9.84 Å². The number of rotatable bonds is 6. The van der Waals surface area contributed by atoms with Gasteiger partial charge in [0.25, 0.3) is 0 Å². The second kappa shape index (κ2) is 6.47. The van der Waals surface area contributed by atoms with Gasteiger partial charge in [0, 0.05) is 12.6 Å². The first-order chi connectivity index (χ1) is 8.80. The predicted molar refractivity (Wildman–Crippen MR) is 73.4 cm³/mol. The number of nitrogens with two attached hydrogens (primary N) is 1. The van der Waals surface area contributed by atoms with E-state index < -0.39 is 27.2 Å². The van der Waals surface area contributed by atoms with E-state index in [0.29, 0.717) is 5.56 Å². The molecule has 19 heavy (non-hydrogen) atoms. The van der Waals surface area contributed by atoms with Gasteiger partial charge in [0.1, 0.15) is 0 Å². The van der Waals surface area contributed by atoms with E-state index in [-0.39, 0.29) is 17.9 Å². The van der Waals surface area contributed by atoms with Gasteiger partial charge in [-0.25, -0.2) is 8.42 Å². The van der Waals surface area contributed by atoms with Crippen molar-refractivity contribution in [3.63, 3.8) is 0 Å². The first-order valence-electron chi connectivity index (χ1n) is 6.19. The van der Waals surface area contributed by atoms with Crippen LogP contribution in [0.2, 0.25) is 0 Å². The largest absolute Gasteiger partial charge is 0.396 e. The third-order valence-corrected chi connectivity index (χ3v) is 5.21. The third kappa shape index (κ3) is 3.76. The second-order valence-corrected chi connectivity index (χ2v) is 7.29. The van der Waals surface area contributed by atoms with Crippen LogP contribution in [-0.4, -0.2) is 36.5 Å². The van der Waals surface area contributed by atoms with Gasteiger partial charge in [0.2, 0.25) is 0 Å². The quantitative estimate of drug-likeness (QED) is 0.712. The lowest BCUT2D eigenvalue weighted by Crippen LogP contribution is -2.29. The summed E-state index contributed by atoms with van der Waals surface area (Å²) in [5, 5.41) is 18.2. The Labute approximate surface area is 114 Å². The summed E-state index contributed by atoms with van der Waals surface area (Å²) in [4.78, 5) is 0.231. The lowest BCUT2D eigenvalue weighted by molar-refractivity contribution is 0.129. The van der Waals surface area contributed by atoms with Crippen LogP contribution >= 0.6 is 0 Å². The van der Waals surface area contributed by atoms with Gasteiger partial charge in [-0.05, 0) is 38.0 Å². The Kier molecular flexibility index (Phi) is 5.49. The first kappa shape index (κ1) is 16.1. The molecule has 0 saturated heterocycles. The highest BCUT2D eigenvalue weighted by molar-refractivity contribution is 7.92. The van der Waals surface area contributed by atoms with Gasteiger partial charge in [0.05, 0.1) is 16.2 Å². The van der Waals surface area contributed by atoms with E-state index in [1.165, 1.54) is 12.1 Å². The van der Waals surface area contributed by atoms with Gasteiger partial charge >= 0.3 is 0 Å². The van der Waals surface area contributed by atoms with Gasteiger partial charge in [-0.3, -0.25) is 0 Å². The number of aliphatic hydroxyl groups is 2. The van der Waals surface area contributed by atoms with Crippen molar-refractivity contribution in [3.05, 3.63) is 29.8 Å². The lowest BCUT2D eigenvalue weighted by atomic mass is 10.0. The van der Waals surface area contributed by atoms with Crippen molar-refractivity contribution in [1.82, 2.24) is 0 Å². The summed E-state index contributed by atoms with van der Waals surface area (Å²) in [7, 11) is -3.30. The summed E-state index contributed by atoms with van der Waals surface area (Å²) in [5.41, 5.74) is 6.25. The Morgan fingerprint density at radius 3 is 2.16 bits per heavy atom. The molecule has 6 heteroatoms. The molecular formula is C13H21NO4S. The molecule has 1 rings (SSSR count). The van der Waals surface area contributed by atoms with Gasteiger partial charge in [-0.1, -0.05) is 12.1 Å². The van der Waals surface area contributed by atoms with Crippen LogP contribution in [0.5, 0.6) is 0 Å². The zero-order valence-corrected chi connectivity index (χ0v) is 12.0. The Hall–Kier alpha value is -0.950. The Bertz CT molecular complexity index is 496. The Balaban J connectivity index is 2.94. The number of benzene rings is 1. The number of sulfone groups is 1. The van der Waals surface area contributed by atoms with Crippen LogP contribution < -0.4 is 5.73 Å². The lowest BCUT2D eigenvalue weighted by Gasteiger charge is -2.18. The summed E-state index contributed by atoms with van der Waals surface area (Å²) in [6.07, 6.45) is -0.629. The van der Waals surface area contributed by atoms with Gasteiger partial charge in [0.15, 0.2) is 9.84 Å². The Morgan fingerprint density at radius 2 is 1.74 bits per heavy atom. The van der Waals surface area contributed by atoms with E-state index in [9.17, 15) is 13.5 Å². The summed E-state index contributed by atoms with van der Waals surface area (Å²) < 4.78 is 23.9. The van der Waals surface area contributed by atoms with Crippen LogP contribution in [0.3, 0.4) is 0 Å². The fourth-order valence-corrected chi connectivity index (χ4v) is 2.74. The zero-order chi connectivity index (χ0) is 14.6. The molecule has 1 aromatic rings. The van der Waals surface area contributed by atoms with E-state index in [1.807, 2.05) is 0 Å². The van der Waals surface area contributed by atoms with Crippen molar-refractivity contribution in [2.75, 3.05) is 6.61 Å². The molecule has 0 aromatic heterocycles.